The first-order valence-corrected chi connectivity index (χ1v) is 14.7. The maximum absolute atomic E-state index is 7.02. The molecule has 2 aliphatic rings. The Kier molecular flexibility index (Phi) is 7.25. The van der Waals surface area contributed by atoms with Crippen LogP contribution in [0.5, 0.6) is 0 Å². The smallest absolute Gasteiger partial charge is 0.194 e. The van der Waals surface area contributed by atoms with Crippen molar-refractivity contribution in [3.8, 4) is 0 Å². The summed E-state index contributed by atoms with van der Waals surface area (Å²) in [7, 11) is 0. The number of benzene rings is 4. The maximum atomic E-state index is 7.02. The number of nitrogens with zero attached hydrogens (tertiary/aromatic N) is 2. The lowest BCUT2D eigenvalue weighted by Gasteiger charge is -2.37. The molecule has 6 rings (SSSR count). The zero-order chi connectivity index (χ0) is 28.5. The fourth-order valence-electron chi connectivity index (χ4n) is 6.56. The lowest BCUT2D eigenvalue weighted by atomic mass is 9.76. The second kappa shape index (κ2) is 11.0. The standard InChI is InChI=1S/C37H38N2O2/c1-26(2)34-36(28-17-9-5-10-18-28,29-19-11-6-12-20-29)40-32(38-34)25-33-39-35(27(3)4)37(41-33,30-21-13-7-14-22-30)31-23-15-8-16-24-31/h5-24,26-27,34-35H,25H2,1-4H3/t34-,35-/m1/s1. The van der Waals surface area contributed by atoms with Crippen LogP contribution in [0.1, 0.15) is 56.4 Å². The highest BCUT2D eigenvalue weighted by Gasteiger charge is 2.54. The largest absolute Gasteiger partial charge is 0.462 e. The predicted molar refractivity (Wildman–Crippen MR) is 166 cm³/mol. The first-order valence-electron chi connectivity index (χ1n) is 14.7. The zero-order valence-corrected chi connectivity index (χ0v) is 24.3. The highest BCUT2D eigenvalue weighted by Crippen LogP contribution is 2.48. The second-order valence-corrected chi connectivity index (χ2v) is 11.7. The monoisotopic (exact) mass is 542 g/mol. The molecule has 0 radical (unpaired) electrons. The van der Waals surface area contributed by atoms with Gasteiger partial charge in [0.2, 0.25) is 0 Å². The van der Waals surface area contributed by atoms with Crippen LogP contribution in [-0.2, 0) is 20.7 Å². The molecule has 208 valence electrons. The van der Waals surface area contributed by atoms with Crippen molar-refractivity contribution < 1.29 is 9.47 Å². The molecule has 0 saturated carbocycles. The third-order valence-electron chi connectivity index (χ3n) is 8.33. The molecule has 4 heteroatoms. The summed E-state index contributed by atoms with van der Waals surface area (Å²) in [5.74, 6) is 1.81. The number of hydrogen-bond acceptors (Lipinski definition) is 4. The van der Waals surface area contributed by atoms with E-state index in [1.54, 1.807) is 0 Å². The molecule has 0 amide bonds. The summed E-state index contributed by atoms with van der Waals surface area (Å²) >= 11 is 0. The van der Waals surface area contributed by atoms with Crippen molar-refractivity contribution in [3.63, 3.8) is 0 Å². The van der Waals surface area contributed by atoms with Crippen LogP contribution in [-0.4, -0.2) is 23.9 Å². The molecule has 0 spiro atoms. The van der Waals surface area contributed by atoms with E-state index in [1.165, 1.54) is 0 Å². The van der Waals surface area contributed by atoms with E-state index in [0.717, 1.165) is 22.3 Å². The lowest BCUT2D eigenvalue weighted by molar-refractivity contribution is 0.0722. The molecule has 41 heavy (non-hydrogen) atoms. The summed E-state index contributed by atoms with van der Waals surface area (Å²) < 4.78 is 14.0. The SMILES string of the molecule is CC(C)[C@H]1N=C(CC2=N[C@H](C(C)C)C(c3ccccc3)(c3ccccc3)O2)OC1(c1ccccc1)c1ccccc1. The molecule has 4 nitrogen and oxygen atoms in total. The Morgan fingerprint density at radius 2 is 0.756 bits per heavy atom. The minimum absolute atomic E-state index is 0.0989. The Labute approximate surface area is 243 Å². The van der Waals surface area contributed by atoms with Crippen LogP contribution >= 0.6 is 0 Å². The fourth-order valence-corrected chi connectivity index (χ4v) is 6.56. The van der Waals surface area contributed by atoms with Crippen molar-refractivity contribution in [2.45, 2.75) is 57.4 Å². The number of aliphatic imine (C=N–C) groups is 2. The minimum atomic E-state index is -0.724. The van der Waals surface area contributed by atoms with Gasteiger partial charge in [-0.2, -0.15) is 0 Å². The molecule has 0 saturated heterocycles. The van der Waals surface area contributed by atoms with Crippen molar-refractivity contribution in [2.75, 3.05) is 0 Å². The molecule has 0 aliphatic carbocycles. The summed E-state index contributed by atoms with van der Waals surface area (Å²) in [6.07, 6.45) is 0.398. The molecule has 0 unspecified atom stereocenters. The van der Waals surface area contributed by atoms with Gasteiger partial charge in [-0.3, -0.25) is 0 Å². The van der Waals surface area contributed by atoms with Crippen molar-refractivity contribution in [1.82, 2.24) is 0 Å². The molecule has 4 aromatic rings. The lowest BCUT2D eigenvalue weighted by Crippen LogP contribution is -2.42. The fraction of sp³-hybridized carbons (Fsp3) is 0.297. The molecule has 2 atom stereocenters. The third-order valence-corrected chi connectivity index (χ3v) is 8.33. The van der Waals surface area contributed by atoms with Gasteiger partial charge in [-0.25, -0.2) is 9.98 Å². The molecular formula is C37H38N2O2. The average Bonchev–Trinajstić information content (AvgIpc) is 3.60. The van der Waals surface area contributed by atoms with Gasteiger partial charge in [0.05, 0.1) is 6.42 Å². The van der Waals surface area contributed by atoms with E-state index in [4.69, 9.17) is 19.5 Å². The van der Waals surface area contributed by atoms with Crippen LogP contribution in [0.4, 0.5) is 0 Å². The summed E-state index contributed by atoms with van der Waals surface area (Å²) in [5.41, 5.74) is 2.94. The van der Waals surface area contributed by atoms with E-state index in [9.17, 15) is 0 Å². The summed E-state index contributed by atoms with van der Waals surface area (Å²) in [4.78, 5) is 10.5. The topological polar surface area (TPSA) is 43.2 Å². The highest BCUT2D eigenvalue weighted by molar-refractivity contribution is 5.99. The van der Waals surface area contributed by atoms with E-state index in [1.807, 2.05) is 24.3 Å². The second-order valence-electron chi connectivity index (χ2n) is 11.7. The van der Waals surface area contributed by atoms with Gasteiger partial charge in [-0.15, -0.1) is 0 Å². The van der Waals surface area contributed by atoms with Crippen LogP contribution in [0.15, 0.2) is 131 Å². The van der Waals surface area contributed by atoms with Gasteiger partial charge in [-0.05, 0) is 11.8 Å². The van der Waals surface area contributed by atoms with Gasteiger partial charge in [-0.1, -0.05) is 149 Å². The first kappa shape index (κ1) is 27.0. The van der Waals surface area contributed by atoms with Crippen molar-refractivity contribution >= 4 is 11.8 Å². The molecule has 0 N–H and O–H groups in total. The Morgan fingerprint density at radius 3 is 1.00 bits per heavy atom. The van der Waals surface area contributed by atoms with Crippen LogP contribution < -0.4 is 0 Å². The third kappa shape index (κ3) is 4.65. The van der Waals surface area contributed by atoms with Crippen LogP contribution in [0.3, 0.4) is 0 Å². The van der Waals surface area contributed by atoms with Gasteiger partial charge < -0.3 is 9.47 Å². The molecule has 0 bridgehead atoms. The van der Waals surface area contributed by atoms with Crippen molar-refractivity contribution in [2.24, 2.45) is 21.8 Å². The normalized spacial score (nSPS) is 20.8. The van der Waals surface area contributed by atoms with Gasteiger partial charge >= 0.3 is 0 Å². The van der Waals surface area contributed by atoms with Gasteiger partial charge in [0.15, 0.2) is 23.0 Å². The molecule has 0 fully saturated rings. The number of rotatable bonds is 8. The first-order chi connectivity index (χ1) is 19.9. The summed E-state index contributed by atoms with van der Waals surface area (Å²) in [6, 6.07) is 41.8. The van der Waals surface area contributed by atoms with E-state index in [0.29, 0.717) is 18.2 Å². The Bertz CT molecular complexity index is 1320. The Balaban J connectivity index is 1.40. The van der Waals surface area contributed by atoms with Crippen LogP contribution in [0.25, 0.3) is 0 Å². The maximum Gasteiger partial charge on any atom is 0.194 e. The summed E-state index contributed by atoms with van der Waals surface area (Å²) in [6.45, 7) is 8.87. The number of hydrogen-bond donors (Lipinski definition) is 0. The van der Waals surface area contributed by atoms with E-state index >= 15 is 0 Å². The van der Waals surface area contributed by atoms with E-state index < -0.39 is 11.2 Å². The predicted octanol–water partition coefficient (Wildman–Crippen LogP) is 8.17. The van der Waals surface area contributed by atoms with Gasteiger partial charge in [0.25, 0.3) is 0 Å². The van der Waals surface area contributed by atoms with Crippen molar-refractivity contribution in [1.29, 1.82) is 0 Å². The molecular weight excluding hydrogens is 504 g/mol. The van der Waals surface area contributed by atoms with E-state index in [2.05, 4.69) is 125 Å². The van der Waals surface area contributed by atoms with Crippen molar-refractivity contribution in [3.05, 3.63) is 144 Å². The van der Waals surface area contributed by atoms with Crippen LogP contribution in [0, 0.1) is 11.8 Å². The van der Waals surface area contributed by atoms with Crippen LogP contribution in [0.2, 0.25) is 0 Å². The molecule has 2 heterocycles. The average molecular weight is 543 g/mol. The molecule has 2 aliphatic heterocycles. The number of ether oxygens (including phenoxy) is 2. The van der Waals surface area contributed by atoms with E-state index in [-0.39, 0.29) is 23.9 Å². The van der Waals surface area contributed by atoms with Gasteiger partial charge in [0, 0.05) is 22.3 Å². The minimum Gasteiger partial charge on any atom is -0.462 e. The van der Waals surface area contributed by atoms with Gasteiger partial charge in [0.1, 0.15) is 12.1 Å². The quantitative estimate of drug-likeness (QED) is 0.225. The molecule has 0 aromatic heterocycles. The molecule has 4 aromatic carbocycles. The highest BCUT2D eigenvalue weighted by atomic mass is 16.5. The zero-order valence-electron chi connectivity index (χ0n) is 24.3. The Morgan fingerprint density at radius 1 is 0.488 bits per heavy atom. The Hall–Kier alpha value is -4.18. The summed E-state index contributed by atoms with van der Waals surface area (Å²) in [5, 5.41) is 0.